The minimum absolute atomic E-state index is 0. The quantitative estimate of drug-likeness (QED) is 0.500. The number of hydrogen-bond acceptors (Lipinski definition) is 4. The molecule has 0 atom stereocenters. The Bertz CT molecular complexity index is 86.0. The van der Waals surface area contributed by atoms with Crippen LogP contribution in [0.3, 0.4) is 0 Å². The van der Waals surface area contributed by atoms with Crippen molar-refractivity contribution in [2.45, 2.75) is 0 Å². The molecule has 0 aliphatic carbocycles. The van der Waals surface area contributed by atoms with Crippen LogP contribution in [-0.2, 0) is 13.6 Å². The van der Waals surface area contributed by atoms with E-state index >= 15 is 0 Å². The molecule has 4 nitrogen and oxygen atoms in total. The summed E-state index contributed by atoms with van der Waals surface area (Å²) in [5.41, 5.74) is 0. The minimum atomic E-state index is -3.90. The van der Waals surface area contributed by atoms with Crippen molar-refractivity contribution in [1.29, 1.82) is 0 Å². The molecule has 0 amide bonds. The topological polar surface area (TPSA) is 58.6 Å². The predicted molar refractivity (Wildman–Crippen MR) is 24.4 cm³/mol. The van der Waals surface area contributed by atoms with E-state index in [1.807, 2.05) is 0 Å². The molecule has 0 N–H and O–H groups in total. The highest BCUT2D eigenvalue weighted by molar-refractivity contribution is 7.45. The van der Waals surface area contributed by atoms with Gasteiger partial charge in [-0.05, 0) is 0 Å². The lowest BCUT2D eigenvalue weighted by Crippen LogP contribution is -2.02. The van der Waals surface area contributed by atoms with Gasteiger partial charge in [-0.1, -0.05) is 0 Å². The molecule has 0 radical (unpaired) electrons. The fourth-order valence-electron chi connectivity index (χ4n) is 0.0745. The van der Waals surface area contributed by atoms with E-state index < -0.39 is 7.82 Å². The first kappa shape index (κ1) is 11.2. The van der Waals surface area contributed by atoms with Crippen LogP contribution in [0, 0.1) is 12.4 Å². The van der Waals surface area contributed by atoms with Crippen LogP contribution in [0.25, 0.3) is 0 Å². The molecule has 0 bridgehead atoms. The molecule has 0 aromatic carbocycles. The van der Waals surface area contributed by atoms with Crippen LogP contribution in [0.5, 0.6) is 0 Å². The normalized spacial score (nSPS) is 10.4. The molecule has 0 saturated heterocycles. The maximum absolute atomic E-state index is 9.95. The van der Waals surface area contributed by atoms with E-state index in [4.69, 9.17) is 0 Å². The molecule has 8 heavy (non-hydrogen) atoms. The van der Waals surface area contributed by atoms with Gasteiger partial charge in [-0.3, -0.25) is 4.57 Å². The van der Waals surface area contributed by atoms with Crippen molar-refractivity contribution in [3.63, 3.8) is 0 Å². The molecule has 0 spiro atoms. The molecule has 0 aromatic heterocycles. The van der Waals surface area contributed by atoms with Gasteiger partial charge < -0.3 is 13.9 Å². The molecule has 52 valence electrons. The van der Waals surface area contributed by atoms with Crippen LogP contribution < -0.4 is 4.89 Å². The predicted octanol–water partition coefficient (Wildman–Crippen LogP) is -0.788. The summed E-state index contributed by atoms with van der Waals surface area (Å²) in [5, 5.41) is 0. The second-order valence-corrected chi connectivity index (χ2v) is 2.44. The Morgan fingerprint density at radius 2 is 1.62 bits per heavy atom. The Hall–Kier alpha value is 0.400. The lowest BCUT2D eigenvalue weighted by Gasteiger charge is -2.16. The molecule has 6 heteroatoms. The number of phosphoric ester groups is 1. The van der Waals surface area contributed by atoms with E-state index in [-0.39, 0.29) is 12.4 Å². The summed E-state index contributed by atoms with van der Waals surface area (Å²) < 4.78 is 17.7. The molecular formula is C2H8ClO4P. The molecule has 0 aliphatic rings. The summed E-state index contributed by atoms with van der Waals surface area (Å²) in [5.74, 6) is 0. The van der Waals surface area contributed by atoms with Gasteiger partial charge in [-0.15, -0.1) is 0 Å². The van der Waals surface area contributed by atoms with Crippen molar-refractivity contribution >= 4 is 7.82 Å². The zero-order valence-corrected chi connectivity index (χ0v) is 6.32. The van der Waals surface area contributed by atoms with Crippen molar-refractivity contribution in [3.8, 4) is 0 Å². The van der Waals surface area contributed by atoms with Gasteiger partial charge in [0.2, 0.25) is 0 Å². The second kappa shape index (κ2) is 4.30. The first-order chi connectivity index (χ1) is 3.12. The molecule has 0 aliphatic heterocycles. The first-order valence-electron chi connectivity index (χ1n) is 1.55. The smallest absolute Gasteiger partial charge is 0.267 e. The molecule has 0 saturated carbocycles. The van der Waals surface area contributed by atoms with Crippen molar-refractivity contribution in [2.75, 3.05) is 14.2 Å². The third kappa shape index (κ3) is 4.56. The summed E-state index contributed by atoms with van der Waals surface area (Å²) in [6, 6.07) is 0. The summed E-state index contributed by atoms with van der Waals surface area (Å²) in [7, 11) is -1.83. The number of rotatable bonds is 2. The highest BCUT2D eigenvalue weighted by Crippen LogP contribution is 2.34. The van der Waals surface area contributed by atoms with E-state index in [0.717, 1.165) is 14.2 Å². The molecule has 0 fully saturated rings. The van der Waals surface area contributed by atoms with Crippen LogP contribution in [0.15, 0.2) is 0 Å². The van der Waals surface area contributed by atoms with E-state index in [0.29, 0.717) is 0 Å². The van der Waals surface area contributed by atoms with E-state index in [1.165, 1.54) is 0 Å². The van der Waals surface area contributed by atoms with Gasteiger partial charge in [0.25, 0.3) is 7.82 Å². The third-order valence-electron chi connectivity index (χ3n) is 0.447. The van der Waals surface area contributed by atoms with Gasteiger partial charge >= 0.3 is 0 Å². The Balaban J connectivity index is 0. The first-order valence-corrected chi connectivity index (χ1v) is 3.01. The van der Waals surface area contributed by atoms with Gasteiger partial charge in [0.1, 0.15) is 0 Å². The Kier molecular flexibility index (Phi) is 6.03. The number of hydrogen-bond donors (Lipinski definition) is 0. The summed E-state index contributed by atoms with van der Waals surface area (Å²) in [6.07, 6.45) is 0. The SMILES string of the molecule is COP(=O)([O-])OC.[ClH2+]. The average molecular weight is 163 g/mol. The number of halogens is 1. The zero-order chi connectivity index (χ0) is 5.91. The van der Waals surface area contributed by atoms with Crippen LogP contribution >= 0.6 is 7.82 Å². The van der Waals surface area contributed by atoms with Gasteiger partial charge in [-0.2, -0.15) is 0 Å². The van der Waals surface area contributed by atoms with Gasteiger partial charge in [0, 0.05) is 14.2 Å². The highest BCUT2D eigenvalue weighted by atomic mass is 35.5. The van der Waals surface area contributed by atoms with Crippen LogP contribution in [0.1, 0.15) is 0 Å². The molecule has 0 aromatic rings. The summed E-state index contributed by atoms with van der Waals surface area (Å²) in [4.78, 5) is 9.95. The van der Waals surface area contributed by atoms with E-state index in [1.54, 1.807) is 0 Å². The lowest BCUT2D eigenvalue weighted by molar-refractivity contribution is -0.220. The molecular weight excluding hydrogens is 154 g/mol. The van der Waals surface area contributed by atoms with Crippen LogP contribution in [-0.4, -0.2) is 14.2 Å². The molecule has 0 rings (SSSR count). The lowest BCUT2D eigenvalue weighted by atomic mass is 11.8. The second-order valence-electron chi connectivity index (χ2n) is 0.812. The van der Waals surface area contributed by atoms with Gasteiger partial charge in [0.15, 0.2) is 0 Å². The molecule has 0 unspecified atom stereocenters. The number of phosphoric acid groups is 1. The van der Waals surface area contributed by atoms with Crippen molar-refractivity contribution in [3.05, 3.63) is 0 Å². The Morgan fingerprint density at radius 1 is 1.38 bits per heavy atom. The minimum Gasteiger partial charge on any atom is -0.756 e. The maximum Gasteiger partial charge on any atom is 0.267 e. The largest absolute Gasteiger partial charge is 0.756 e. The zero-order valence-electron chi connectivity index (χ0n) is 4.53. The maximum atomic E-state index is 9.95. The summed E-state index contributed by atoms with van der Waals surface area (Å²) >= 11 is 0. The van der Waals surface area contributed by atoms with Crippen molar-refractivity contribution < 1.29 is 30.9 Å². The van der Waals surface area contributed by atoms with Gasteiger partial charge in [-0.25, -0.2) is 0 Å². The summed E-state index contributed by atoms with van der Waals surface area (Å²) in [6.45, 7) is 0. The Morgan fingerprint density at radius 3 is 1.62 bits per heavy atom. The fraction of sp³-hybridized carbons (Fsp3) is 1.00. The standard InChI is InChI=1S/C2H7O4P.ClH2/c1-5-7(3,4)6-2;/h1-2H3,(H,3,4);1H2/q;+1/p-1. The monoisotopic (exact) mass is 162 g/mol. The van der Waals surface area contributed by atoms with E-state index in [2.05, 4.69) is 9.05 Å². The van der Waals surface area contributed by atoms with Crippen molar-refractivity contribution in [2.24, 2.45) is 0 Å². The van der Waals surface area contributed by atoms with Crippen LogP contribution in [0.2, 0.25) is 0 Å². The highest BCUT2D eigenvalue weighted by Gasteiger charge is 1.98. The fourth-order valence-corrected chi connectivity index (χ4v) is 0.224. The third-order valence-corrected chi connectivity index (χ3v) is 1.34. The van der Waals surface area contributed by atoms with Crippen molar-refractivity contribution in [1.82, 2.24) is 0 Å². The van der Waals surface area contributed by atoms with E-state index in [9.17, 15) is 9.46 Å². The molecule has 0 heterocycles. The van der Waals surface area contributed by atoms with Gasteiger partial charge in [0.05, 0.1) is 12.4 Å². The average Bonchev–Trinajstić information content (AvgIpc) is 1.68. The Labute approximate surface area is 53.8 Å². The van der Waals surface area contributed by atoms with Crippen LogP contribution in [0.4, 0.5) is 0 Å².